The first-order chi connectivity index (χ1) is 7.68. The summed E-state index contributed by atoms with van der Waals surface area (Å²) in [6.45, 7) is 2.33. The first kappa shape index (κ1) is 11.1. The zero-order chi connectivity index (χ0) is 11.5. The molecule has 0 amide bonds. The van der Waals surface area contributed by atoms with E-state index >= 15 is 0 Å². The molecule has 3 N–H and O–H groups in total. The van der Waals surface area contributed by atoms with Crippen molar-refractivity contribution >= 4 is 11.4 Å². The summed E-state index contributed by atoms with van der Waals surface area (Å²) in [5, 5.41) is 1.75. The van der Waals surface area contributed by atoms with Gasteiger partial charge in [0, 0.05) is 13.1 Å². The number of ether oxygens (including phenoxy) is 1. The molecule has 0 bridgehead atoms. The van der Waals surface area contributed by atoms with Crippen LogP contribution in [0.5, 0.6) is 0 Å². The molecule has 1 aliphatic heterocycles. The highest BCUT2D eigenvalue weighted by Gasteiger charge is 2.16. The van der Waals surface area contributed by atoms with E-state index in [4.69, 9.17) is 10.5 Å². The molecule has 0 spiro atoms. The Balaban J connectivity index is 2.16. The van der Waals surface area contributed by atoms with Crippen molar-refractivity contribution in [3.63, 3.8) is 0 Å². The second-order valence-corrected chi connectivity index (χ2v) is 3.54. The summed E-state index contributed by atoms with van der Waals surface area (Å²) in [5.41, 5.74) is 8.53. The monoisotopic (exact) mass is 229 g/mol. The number of nitrogens with zero attached hydrogens (tertiary/aromatic N) is 1. The second kappa shape index (κ2) is 4.63. The van der Waals surface area contributed by atoms with Gasteiger partial charge in [-0.1, -0.05) is 0 Å². The Bertz CT molecular complexity index is 381. The average Bonchev–Trinajstić information content (AvgIpc) is 2.31. The number of benzene rings is 1. The minimum atomic E-state index is -0.952. The lowest BCUT2D eigenvalue weighted by Crippen LogP contribution is -2.40. The summed E-state index contributed by atoms with van der Waals surface area (Å²) in [6.07, 6.45) is 0. The van der Waals surface area contributed by atoms with Crippen molar-refractivity contribution < 1.29 is 13.5 Å². The molecule has 1 aromatic rings. The number of anilines is 2. The van der Waals surface area contributed by atoms with E-state index in [-0.39, 0.29) is 11.4 Å². The zero-order valence-electron chi connectivity index (χ0n) is 8.67. The highest BCUT2D eigenvalue weighted by atomic mass is 19.2. The second-order valence-electron chi connectivity index (χ2n) is 3.54. The lowest BCUT2D eigenvalue weighted by atomic mass is 10.2. The lowest BCUT2D eigenvalue weighted by molar-refractivity contribution is 0.0495. The molecule has 0 atom stereocenters. The van der Waals surface area contributed by atoms with E-state index < -0.39 is 11.6 Å². The number of hydrogen-bond acceptors (Lipinski definition) is 4. The molecular weight excluding hydrogens is 216 g/mol. The normalized spacial score (nSPS) is 17.4. The Hall–Kier alpha value is -1.40. The van der Waals surface area contributed by atoms with Gasteiger partial charge in [0.2, 0.25) is 0 Å². The van der Waals surface area contributed by atoms with Crippen LogP contribution in [0.3, 0.4) is 0 Å². The molecule has 88 valence electrons. The van der Waals surface area contributed by atoms with Gasteiger partial charge in [-0.05, 0) is 12.1 Å². The first-order valence-corrected chi connectivity index (χ1v) is 5.01. The lowest BCUT2D eigenvalue weighted by Gasteiger charge is -2.28. The fraction of sp³-hybridized carbons (Fsp3) is 0.400. The highest BCUT2D eigenvalue weighted by molar-refractivity contribution is 5.66. The number of nitrogens with two attached hydrogens (primary N) is 1. The van der Waals surface area contributed by atoms with Crippen molar-refractivity contribution in [1.29, 1.82) is 0 Å². The van der Waals surface area contributed by atoms with Gasteiger partial charge < -0.3 is 15.9 Å². The minimum absolute atomic E-state index is 0.0121. The summed E-state index contributed by atoms with van der Waals surface area (Å²) in [6, 6.07) is 2.34. The quantitative estimate of drug-likeness (QED) is 0.748. The number of hydrogen-bond donors (Lipinski definition) is 2. The molecule has 0 aromatic heterocycles. The number of nitrogens with one attached hydrogen (secondary N) is 1. The zero-order valence-corrected chi connectivity index (χ0v) is 8.67. The van der Waals surface area contributed by atoms with Crippen LogP contribution in [0.4, 0.5) is 20.2 Å². The molecule has 0 radical (unpaired) electrons. The number of rotatable bonds is 2. The molecule has 2 rings (SSSR count). The van der Waals surface area contributed by atoms with Crippen molar-refractivity contribution in [3.05, 3.63) is 23.8 Å². The molecule has 0 aliphatic carbocycles. The molecule has 0 unspecified atom stereocenters. The fourth-order valence-corrected chi connectivity index (χ4v) is 1.51. The van der Waals surface area contributed by atoms with Crippen LogP contribution in [-0.2, 0) is 4.74 Å². The number of morpholine rings is 1. The topological polar surface area (TPSA) is 50.5 Å². The van der Waals surface area contributed by atoms with E-state index in [1.54, 1.807) is 5.01 Å². The van der Waals surface area contributed by atoms with Crippen molar-refractivity contribution in [1.82, 2.24) is 5.01 Å². The molecule has 4 nitrogen and oxygen atoms in total. The van der Waals surface area contributed by atoms with Crippen LogP contribution in [0.15, 0.2) is 12.1 Å². The van der Waals surface area contributed by atoms with Crippen LogP contribution < -0.4 is 11.2 Å². The molecule has 1 heterocycles. The van der Waals surface area contributed by atoms with Crippen molar-refractivity contribution in [2.75, 3.05) is 37.5 Å². The Morgan fingerprint density at radius 1 is 1.25 bits per heavy atom. The maximum atomic E-state index is 13.4. The summed E-state index contributed by atoms with van der Waals surface area (Å²) in [7, 11) is 0. The van der Waals surface area contributed by atoms with Crippen molar-refractivity contribution in [2.24, 2.45) is 0 Å². The molecule has 1 fully saturated rings. The maximum Gasteiger partial charge on any atom is 0.185 e. The van der Waals surface area contributed by atoms with E-state index in [9.17, 15) is 8.78 Å². The Kier molecular flexibility index (Phi) is 3.21. The van der Waals surface area contributed by atoms with Crippen LogP contribution in [0, 0.1) is 11.6 Å². The third-order valence-electron chi connectivity index (χ3n) is 2.41. The first-order valence-electron chi connectivity index (χ1n) is 5.01. The highest BCUT2D eigenvalue weighted by Crippen LogP contribution is 2.25. The Morgan fingerprint density at radius 3 is 2.62 bits per heavy atom. The molecule has 1 aromatic carbocycles. The van der Waals surface area contributed by atoms with Crippen LogP contribution in [-0.4, -0.2) is 31.3 Å². The van der Waals surface area contributed by atoms with E-state index in [0.717, 1.165) is 6.07 Å². The van der Waals surface area contributed by atoms with Gasteiger partial charge in [0.05, 0.1) is 18.9 Å². The van der Waals surface area contributed by atoms with Crippen LogP contribution in [0.25, 0.3) is 0 Å². The molecule has 16 heavy (non-hydrogen) atoms. The van der Waals surface area contributed by atoms with Gasteiger partial charge >= 0.3 is 0 Å². The summed E-state index contributed by atoms with van der Waals surface area (Å²) >= 11 is 0. The molecule has 1 aliphatic rings. The van der Waals surface area contributed by atoms with E-state index in [1.807, 2.05) is 0 Å². The van der Waals surface area contributed by atoms with Gasteiger partial charge in [-0.2, -0.15) is 0 Å². The molecule has 6 heteroatoms. The molecule has 0 saturated carbocycles. The smallest absolute Gasteiger partial charge is 0.185 e. The standard InChI is InChI=1S/C10H13F2N3O/c11-7-1-2-8(13)10(9(7)12)14-15-3-5-16-6-4-15/h1-2,14H,3-6,13H2. The van der Waals surface area contributed by atoms with Gasteiger partial charge in [0.1, 0.15) is 5.69 Å². The van der Waals surface area contributed by atoms with E-state index in [0.29, 0.717) is 26.3 Å². The fourth-order valence-electron chi connectivity index (χ4n) is 1.51. The largest absolute Gasteiger partial charge is 0.397 e. The van der Waals surface area contributed by atoms with Gasteiger partial charge in [-0.3, -0.25) is 0 Å². The third-order valence-corrected chi connectivity index (χ3v) is 2.41. The van der Waals surface area contributed by atoms with Crippen LogP contribution in [0.1, 0.15) is 0 Å². The van der Waals surface area contributed by atoms with Gasteiger partial charge in [-0.15, -0.1) is 0 Å². The predicted octanol–water partition coefficient (Wildman–Crippen LogP) is 1.21. The SMILES string of the molecule is Nc1ccc(F)c(F)c1NN1CCOCC1. The number of halogens is 2. The maximum absolute atomic E-state index is 13.4. The van der Waals surface area contributed by atoms with Gasteiger partial charge in [0.25, 0.3) is 0 Å². The van der Waals surface area contributed by atoms with Crippen molar-refractivity contribution in [3.8, 4) is 0 Å². The third kappa shape index (κ3) is 2.23. The molecular formula is C10H13F2N3O. The number of nitrogen functional groups attached to an aromatic ring is 1. The van der Waals surface area contributed by atoms with Gasteiger partial charge in [0.15, 0.2) is 11.6 Å². The predicted molar refractivity (Wildman–Crippen MR) is 56.8 cm³/mol. The minimum Gasteiger partial charge on any atom is -0.397 e. The Morgan fingerprint density at radius 2 is 1.94 bits per heavy atom. The van der Waals surface area contributed by atoms with Crippen LogP contribution in [0.2, 0.25) is 0 Å². The van der Waals surface area contributed by atoms with Crippen LogP contribution >= 0.6 is 0 Å². The molecule has 1 saturated heterocycles. The Labute approximate surface area is 91.9 Å². The summed E-state index contributed by atoms with van der Waals surface area (Å²) < 4.78 is 31.6. The number of hydrazine groups is 1. The van der Waals surface area contributed by atoms with E-state index in [2.05, 4.69) is 5.43 Å². The average molecular weight is 229 g/mol. The summed E-state index contributed by atoms with van der Waals surface area (Å²) in [4.78, 5) is 0. The summed E-state index contributed by atoms with van der Waals surface area (Å²) in [5.74, 6) is -1.86. The van der Waals surface area contributed by atoms with Gasteiger partial charge in [-0.25, -0.2) is 13.8 Å². The van der Waals surface area contributed by atoms with Crippen molar-refractivity contribution in [2.45, 2.75) is 0 Å². The van der Waals surface area contributed by atoms with E-state index in [1.165, 1.54) is 6.07 Å².